The smallest absolute Gasteiger partial charge is 0.246 e. The van der Waals surface area contributed by atoms with E-state index in [1.54, 1.807) is 12.2 Å². The van der Waals surface area contributed by atoms with Crippen molar-refractivity contribution >= 4 is 39.9 Å². The number of imidazole rings is 1. The number of aromatic nitrogens is 2. The topological polar surface area (TPSA) is 57.8 Å². The number of likely N-dealkylation sites (tertiary alicyclic amines) is 1. The minimum atomic E-state index is 0.00156. The van der Waals surface area contributed by atoms with E-state index in [9.17, 15) is 4.79 Å². The molecule has 0 spiro atoms. The summed E-state index contributed by atoms with van der Waals surface area (Å²) in [4.78, 5) is 19.4. The molecule has 22 heavy (non-hydrogen) atoms. The Hall–Kier alpha value is -1.37. The Kier molecular flexibility index (Phi) is 4.81. The van der Waals surface area contributed by atoms with E-state index < -0.39 is 0 Å². The molecule has 0 aliphatic carbocycles. The van der Waals surface area contributed by atoms with Crippen LogP contribution in [0.3, 0.4) is 0 Å². The van der Waals surface area contributed by atoms with Crippen LogP contribution in [0.25, 0.3) is 11.0 Å². The highest BCUT2D eigenvalue weighted by molar-refractivity contribution is 7.15. The summed E-state index contributed by atoms with van der Waals surface area (Å²) in [5.41, 5.74) is 0.734. The summed E-state index contributed by atoms with van der Waals surface area (Å²) in [6, 6.07) is 0.242. The van der Waals surface area contributed by atoms with Gasteiger partial charge in [0, 0.05) is 36.8 Å². The summed E-state index contributed by atoms with van der Waals surface area (Å²) < 4.78 is 1.88. The van der Waals surface area contributed by atoms with Gasteiger partial charge in [-0.15, -0.1) is 11.3 Å². The molecule has 0 saturated carbocycles. The zero-order valence-electron chi connectivity index (χ0n) is 12.1. The number of amides is 1. The maximum Gasteiger partial charge on any atom is 0.246 e. The SMILES string of the molecule is O=C(/C=C/c1c(Cl)nc2sccn12)N1CCCC1CCCO. The molecule has 2 aromatic heterocycles. The molecule has 0 radical (unpaired) electrons. The number of aliphatic hydroxyl groups is 1. The number of hydrogen-bond acceptors (Lipinski definition) is 4. The van der Waals surface area contributed by atoms with Crippen molar-refractivity contribution in [1.29, 1.82) is 0 Å². The first-order valence-corrected chi connectivity index (χ1v) is 8.67. The van der Waals surface area contributed by atoms with Crippen LogP contribution in [-0.4, -0.2) is 44.5 Å². The van der Waals surface area contributed by atoms with E-state index in [1.807, 2.05) is 20.9 Å². The Morgan fingerprint density at radius 1 is 1.59 bits per heavy atom. The maximum atomic E-state index is 12.4. The number of fused-ring (bicyclic) bond motifs is 1. The molecule has 5 nitrogen and oxygen atoms in total. The van der Waals surface area contributed by atoms with E-state index in [4.69, 9.17) is 16.7 Å². The van der Waals surface area contributed by atoms with Gasteiger partial charge in [0.05, 0.1) is 5.69 Å². The van der Waals surface area contributed by atoms with E-state index in [1.165, 1.54) is 11.3 Å². The summed E-state index contributed by atoms with van der Waals surface area (Å²) in [5.74, 6) is 0.00156. The van der Waals surface area contributed by atoms with Crippen molar-refractivity contribution in [2.24, 2.45) is 0 Å². The van der Waals surface area contributed by atoms with Gasteiger partial charge in [-0.3, -0.25) is 9.20 Å². The molecule has 1 fully saturated rings. The molecule has 7 heteroatoms. The number of carbonyl (C=O) groups is 1. The second-order valence-corrected chi connectivity index (χ2v) is 6.60. The normalized spacial score (nSPS) is 18.8. The lowest BCUT2D eigenvalue weighted by Gasteiger charge is -2.23. The van der Waals surface area contributed by atoms with Crippen LogP contribution in [0.5, 0.6) is 0 Å². The average Bonchev–Trinajstić information content (AvgIpc) is 3.19. The Labute approximate surface area is 137 Å². The van der Waals surface area contributed by atoms with Crippen molar-refractivity contribution < 1.29 is 9.90 Å². The number of thiazole rings is 1. The second-order valence-electron chi connectivity index (χ2n) is 5.37. The van der Waals surface area contributed by atoms with Gasteiger partial charge in [-0.25, -0.2) is 4.98 Å². The average molecular weight is 340 g/mol. The number of hydrogen-bond donors (Lipinski definition) is 1. The zero-order chi connectivity index (χ0) is 15.5. The fraction of sp³-hybridized carbons (Fsp3) is 0.467. The van der Waals surface area contributed by atoms with E-state index in [-0.39, 0.29) is 18.6 Å². The minimum Gasteiger partial charge on any atom is -0.396 e. The molecule has 1 atom stereocenters. The number of carbonyl (C=O) groups excluding carboxylic acids is 1. The summed E-state index contributed by atoms with van der Waals surface area (Å²) in [5, 5.41) is 11.3. The molecular weight excluding hydrogens is 322 g/mol. The van der Waals surface area contributed by atoms with E-state index in [2.05, 4.69) is 4.98 Å². The molecule has 1 saturated heterocycles. The molecule has 1 aliphatic rings. The number of halogens is 1. The van der Waals surface area contributed by atoms with E-state index >= 15 is 0 Å². The lowest BCUT2D eigenvalue weighted by Crippen LogP contribution is -2.34. The van der Waals surface area contributed by atoms with Crippen LogP contribution in [0.15, 0.2) is 17.7 Å². The molecular formula is C15H18ClN3O2S. The lowest BCUT2D eigenvalue weighted by molar-refractivity contribution is -0.126. The van der Waals surface area contributed by atoms with Gasteiger partial charge in [0.15, 0.2) is 10.1 Å². The largest absolute Gasteiger partial charge is 0.396 e. The van der Waals surface area contributed by atoms with Crippen LogP contribution in [0.4, 0.5) is 0 Å². The van der Waals surface area contributed by atoms with Crippen molar-refractivity contribution in [3.63, 3.8) is 0 Å². The van der Waals surface area contributed by atoms with Crippen LogP contribution in [0.1, 0.15) is 31.4 Å². The molecule has 1 unspecified atom stereocenters. The fourth-order valence-corrected chi connectivity index (χ4v) is 3.93. The lowest BCUT2D eigenvalue weighted by atomic mass is 10.1. The number of aliphatic hydroxyl groups excluding tert-OH is 1. The number of nitrogens with zero attached hydrogens (tertiary/aromatic N) is 3. The van der Waals surface area contributed by atoms with E-state index in [0.29, 0.717) is 5.15 Å². The first-order valence-electron chi connectivity index (χ1n) is 7.41. The van der Waals surface area contributed by atoms with Gasteiger partial charge in [-0.2, -0.15) is 0 Å². The third-order valence-electron chi connectivity index (χ3n) is 3.99. The van der Waals surface area contributed by atoms with Crippen LogP contribution in [0.2, 0.25) is 5.15 Å². The van der Waals surface area contributed by atoms with Gasteiger partial charge in [-0.05, 0) is 31.8 Å². The zero-order valence-corrected chi connectivity index (χ0v) is 13.7. The summed E-state index contributed by atoms with van der Waals surface area (Å²) in [6.45, 7) is 0.962. The van der Waals surface area contributed by atoms with Crippen molar-refractivity contribution in [3.05, 3.63) is 28.5 Å². The Morgan fingerprint density at radius 3 is 3.27 bits per heavy atom. The first-order chi connectivity index (χ1) is 10.7. The van der Waals surface area contributed by atoms with Crippen LogP contribution < -0.4 is 0 Å². The minimum absolute atomic E-state index is 0.00156. The van der Waals surface area contributed by atoms with Gasteiger partial charge in [-0.1, -0.05) is 11.6 Å². The first kappa shape index (κ1) is 15.5. The highest BCUT2D eigenvalue weighted by Crippen LogP contribution is 2.24. The Balaban J connectivity index is 1.73. The summed E-state index contributed by atoms with van der Waals surface area (Å²) in [6.07, 6.45) is 8.84. The summed E-state index contributed by atoms with van der Waals surface area (Å²) in [7, 11) is 0. The summed E-state index contributed by atoms with van der Waals surface area (Å²) >= 11 is 7.63. The van der Waals surface area contributed by atoms with Crippen LogP contribution in [0, 0.1) is 0 Å². The predicted molar refractivity (Wildman–Crippen MR) is 88.2 cm³/mol. The Morgan fingerprint density at radius 2 is 2.45 bits per heavy atom. The van der Waals surface area contributed by atoms with Gasteiger partial charge < -0.3 is 10.0 Å². The third kappa shape index (κ3) is 3.04. The highest BCUT2D eigenvalue weighted by Gasteiger charge is 2.26. The second kappa shape index (κ2) is 6.81. The van der Waals surface area contributed by atoms with E-state index in [0.717, 1.165) is 42.9 Å². The van der Waals surface area contributed by atoms with Crippen molar-refractivity contribution in [1.82, 2.24) is 14.3 Å². The third-order valence-corrected chi connectivity index (χ3v) is 5.03. The fourth-order valence-electron chi connectivity index (χ4n) is 2.92. The standard InChI is InChI=1S/C15H18ClN3O2S/c16-14-12(19-8-10-22-15(19)17-14)5-6-13(21)18-7-1-3-11(18)4-2-9-20/h5-6,8,10-11,20H,1-4,7,9H2/b6-5+. The van der Waals surface area contributed by atoms with Gasteiger partial charge in [0.1, 0.15) is 0 Å². The van der Waals surface area contributed by atoms with Gasteiger partial charge in [0.25, 0.3) is 0 Å². The van der Waals surface area contributed by atoms with Crippen LogP contribution in [-0.2, 0) is 4.79 Å². The molecule has 3 rings (SSSR count). The quantitative estimate of drug-likeness (QED) is 0.852. The highest BCUT2D eigenvalue weighted by atomic mass is 35.5. The van der Waals surface area contributed by atoms with Gasteiger partial charge >= 0.3 is 0 Å². The Bertz CT molecular complexity index is 694. The molecule has 3 heterocycles. The van der Waals surface area contributed by atoms with Gasteiger partial charge in [0.2, 0.25) is 5.91 Å². The molecule has 1 N–H and O–H groups in total. The van der Waals surface area contributed by atoms with Crippen molar-refractivity contribution in [2.45, 2.75) is 31.7 Å². The van der Waals surface area contributed by atoms with Crippen molar-refractivity contribution in [2.75, 3.05) is 13.2 Å². The molecule has 1 amide bonds. The molecule has 1 aliphatic heterocycles. The van der Waals surface area contributed by atoms with Crippen LogP contribution >= 0.6 is 22.9 Å². The molecule has 0 aromatic carbocycles. The molecule has 2 aromatic rings. The molecule has 118 valence electrons. The number of rotatable bonds is 5. The van der Waals surface area contributed by atoms with Crippen molar-refractivity contribution in [3.8, 4) is 0 Å². The monoisotopic (exact) mass is 339 g/mol. The molecule has 0 bridgehead atoms. The maximum absolute atomic E-state index is 12.4. The predicted octanol–water partition coefficient (Wildman–Crippen LogP) is 2.83.